The topological polar surface area (TPSA) is 38.3 Å². The molecule has 1 heterocycles. The summed E-state index contributed by atoms with van der Waals surface area (Å²) in [6, 6.07) is 0. The lowest BCUT2D eigenvalue weighted by Crippen LogP contribution is -2.34. The SMILES string of the molecule is CC(C)(CCCl)CNC(=O)CCC1CCCO1. The largest absolute Gasteiger partial charge is 0.378 e. The average Bonchev–Trinajstić information content (AvgIpc) is 2.76. The van der Waals surface area contributed by atoms with E-state index in [1.54, 1.807) is 0 Å². The van der Waals surface area contributed by atoms with E-state index in [4.69, 9.17) is 16.3 Å². The second-order valence-corrected chi connectivity index (χ2v) is 5.93. The minimum atomic E-state index is 0.0846. The monoisotopic (exact) mass is 261 g/mol. The zero-order valence-electron chi connectivity index (χ0n) is 10.9. The van der Waals surface area contributed by atoms with Crippen LogP contribution in [-0.4, -0.2) is 31.0 Å². The molecule has 0 spiro atoms. The van der Waals surface area contributed by atoms with Gasteiger partial charge in [0.05, 0.1) is 6.10 Å². The van der Waals surface area contributed by atoms with Gasteiger partial charge in [-0.2, -0.15) is 0 Å². The number of ether oxygens (including phenoxy) is 1. The average molecular weight is 262 g/mol. The molecular formula is C13H24ClNO2. The Kier molecular flexibility index (Phi) is 6.28. The molecule has 1 atom stereocenters. The van der Waals surface area contributed by atoms with E-state index in [1.165, 1.54) is 0 Å². The molecule has 3 nitrogen and oxygen atoms in total. The Balaban J connectivity index is 2.11. The molecule has 0 aromatic carbocycles. The van der Waals surface area contributed by atoms with Gasteiger partial charge in [0.25, 0.3) is 0 Å². The lowest BCUT2D eigenvalue weighted by molar-refractivity contribution is -0.122. The molecule has 17 heavy (non-hydrogen) atoms. The van der Waals surface area contributed by atoms with Crippen LogP contribution in [0.5, 0.6) is 0 Å². The molecule has 0 aromatic heterocycles. The minimum Gasteiger partial charge on any atom is -0.378 e. The van der Waals surface area contributed by atoms with Crippen molar-refractivity contribution in [2.24, 2.45) is 5.41 Å². The first-order valence-electron chi connectivity index (χ1n) is 6.48. The molecule has 1 saturated heterocycles. The lowest BCUT2D eigenvalue weighted by atomic mass is 9.90. The van der Waals surface area contributed by atoms with Gasteiger partial charge in [-0.15, -0.1) is 11.6 Å². The van der Waals surface area contributed by atoms with Crippen LogP contribution in [0.15, 0.2) is 0 Å². The number of hydrogen-bond donors (Lipinski definition) is 1. The Morgan fingerprint density at radius 3 is 2.88 bits per heavy atom. The van der Waals surface area contributed by atoms with Crippen LogP contribution in [-0.2, 0) is 9.53 Å². The Morgan fingerprint density at radius 2 is 2.29 bits per heavy atom. The summed E-state index contributed by atoms with van der Waals surface area (Å²) in [5.74, 6) is 0.766. The Morgan fingerprint density at radius 1 is 1.53 bits per heavy atom. The third-order valence-electron chi connectivity index (χ3n) is 3.25. The van der Waals surface area contributed by atoms with Gasteiger partial charge >= 0.3 is 0 Å². The van der Waals surface area contributed by atoms with Crippen molar-refractivity contribution in [3.8, 4) is 0 Å². The number of halogens is 1. The smallest absolute Gasteiger partial charge is 0.220 e. The fourth-order valence-electron chi connectivity index (χ4n) is 1.93. The van der Waals surface area contributed by atoms with Crippen molar-refractivity contribution in [3.63, 3.8) is 0 Å². The lowest BCUT2D eigenvalue weighted by Gasteiger charge is -2.23. The van der Waals surface area contributed by atoms with Crippen LogP contribution >= 0.6 is 11.6 Å². The fraction of sp³-hybridized carbons (Fsp3) is 0.923. The molecule has 1 amide bonds. The highest BCUT2D eigenvalue weighted by atomic mass is 35.5. The van der Waals surface area contributed by atoms with E-state index in [2.05, 4.69) is 19.2 Å². The number of alkyl halides is 1. The fourth-order valence-corrected chi connectivity index (χ4v) is 2.45. The number of nitrogens with one attached hydrogen (secondary N) is 1. The summed E-state index contributed by atoms with van der Waals surface area (Å²) < 4.78 is 5.49. The van der Waals surface area contributed by atoms with Gasteiger partial charge < -0.3 is 10.1 Å². The first-order valence-corrected chi connectivity index (χ1v) is 7.01. The molecule has 0 bridgehead atoms. The molecule has 0 aliphatic carbocycles. The van der Waals surface area contributed by atoms with Gasteiger partial charge in [-0.3, -0.25) is 4.79 Å². The molecule has 1 unspecified atom stereocenters. The Bertz CT molecular complexity index is 238. The number of hydrogen-bond acceptors (Lipinski definition) is 2. The Hall–Kier alpha value is -0.280. The van der Waals surface area contributed by atoms with Gasteiger partial charge in [0.2, 0.25) is 5.91 Å². The highest BCUT2D eigenvalue weighted by molar-refractivity contribution is 6.17. The summed E-state index contributed by atoms with van der Waals surface area (Å²) in [7, 11) is 0. The van der Waals surface area contributed by atoms with E-state index >= 15 is 0 Å². The van der Waals surface area contributed by atoms with Gasteiger partial charge in [-0.25, -0.2) is 0 Å². The van der Waals surface area contributed by atoms with Crippen LogP contribution in [0, 0.1) is 5.41 Å². The molecule has 1 rings (SSSR count). The van der Waals surface area contributed by atoms with Crippen molar-refractivity contribution in [3.05, 3.63) is 0 Å². The van der Waals surface area contributed by atoms with Crippen molar-refractivity contribution in [1.82, 2.24) is 5.32 Å². The molecule has 1 fully saturated rings. The maximum Gasteiger partial charge on any atom is 0.220 e. The van der Waals surface area contributed by atoms with Crippen molar-refractivity contribution in [1.29, 1.82) is 0 Å². The summed E-state index contributed by atoms with van der Waals surface area (Å²) in [5.41, 5.74) is 0.0846. The highest BCUT2D eigenvalue weighted by Gasteiger charge is 2.19. The van der Waals surface area contributed by atoms with Crippen LogP contribution in [0.25, 0.3) is 0 Å². The predicted molar refractivity (Wildman–Crippen MR) is 70.3 cm³/mol. The molecule has 100 valence electrons. The highest BCUT2D eigenvalue weighted by Crippen LogP contribution is 2.20. The molecular weight excluding hydrogens is 238 g/mol. The third kappa shape index (κ3) is 6.27. The summed E-state index contributed by atoms with van der Waals surface area (Å²) in [6.07, 6.45) is 4.88. The maximum atomic E-state index is 11.7. The molecule has 0 radical (unpaired) electrons. The minimum absolute atomic E-state index is 0.0846. The van der Waals surface area contributed by atoms with E-state index < -0.39 is 0 Å². The molecule has 1 aliphatic heterocycles. The van der Waals surface area contributed by atoms with Crippen molar-refractivity contribution in [2.45, 2.75) is 52.1 Å². The summed E-state index contributed by atoms with van der Waals surface area (Å²) >= 11 is 5.72. The predicted octanol–water partition coefficient (Wildman–Crippen LogP) is 2.72. The van der Waals surface area contributed by atoms with Crippen LogP contribution in [0.3, 0.4) is 0 Å². The van der Waals surface area contributed by atoms with E-state index in [0.717, 1.165) is 32.3 Å². The van der Waals surface area contributed by atoms with Crippen LogP contribution in [0.2, 0.25) is 0 Å². The van der Waals surface area contributed by atoms with E-state index in [-0.39, 0.29) is 11.3 Å². The van der Waals surface area contributed by atoms with Gasteiger partial charge in [0, 0.05) is 25.5 Å². The summed E-state index contributed by atoms with van der Waals surface area (Å²) in [4.78, 5) is 11.7. The van der Waals surface area contributed by atoms with Crippen LogP contribution < -0.4 is 5.32 Å². The maximum absolute atomic E-state index is 11.7. The van der Waals surface area contributed by atoms with Gasteiger partial charge in [-0.1, -0.05) is 13.8 Å². The molecule has 1 aliphatic rings. The first kappa shape index (κ1) is 14.8. The molecule has 0 aromatic rings. The van der Waals surface area contributed by atoms with Gasteiger partial charge in [0.1, 0.15) is 0 Å². The van der Waals surface area contributed by atoms with Gasteiger partial charge in [0.15, 0.2) is 0 Å². The second kappa shape index (κ2) is 7.22. The number of rotatable bonds is 7. The summed E-state index contributed by atoms with van der Waals surface area (Å²) in [6.45, 7) is 5.80. The van der Waals surface area contributed by atoms with Crippen LogP contribution in [0.4, 0.5) is 0 Å². The zero-order chi connectivity index (χ0) is 12.7. The van der Waals surface area contributed by atoms with E-state index in [9.17, 15) is 4.79 Å². The normalized spacial score (nSPS) is 20.5. The standard InChI is InChI=1S/C13H24ClNO2/c1-13(2,7-8-14)10-15-12(16)6-5-11-4-3-9-17-11/h11H,3-10H2,1-2H3,(H,15,16). The van der Waals surface area contributed by atoms with E-state index in [1.807, 2.05) is 0 Å². The zero-order valence-corrected chi connectivity index (χ0v) is 11.7. The van der Waals surface area contributed by atoms with Crippen molar-refractivity contribution in [2.75, 3.05) is 19.0 Å². The Labute approximate surface area is 109 Å². The number of carbonyl (C=O) groups is 1. The third-order valence-corrected chi connectivity index (χ3v) is 3.44. The van der Waals surface area contributed by atoms with Crippen LogP contribution in [0.1, 0.15) is 46.0 Å². The van der Waals surface area contributed by atoms with Gasteiger partial charge in [-0.05, 0) is 31.1 Å². The van der Waals surface area contributed by atoms with E-state index in [0.29, 0.717) is 24.9 Å². The molecule has 1 N–H and O–H groups in total. The number of amides is 1. The summed E-state index contributed by atoms with van der Waals surface area (Å²) in [5, 5.41) is 2.98. The second-order valence-electron chi connectivity index (χ2n) is 5.55. The molecule has 0 saturated carbocycles. The quantitative estimate of drug-likeness (QED) is 0.716. The molecule has 4 heteroatoms. The van der Waals surface area contributed by atoms with Crippen molar-refractivity contribution >= 4 is 17.5 Å². The number of carbonyl (C=O) groups excluding carboxylic acids is 1. The van der Waals surface area contributed by atoms with Crippen molar-refractivity contribution < 1.29 is 9.53 Å². The first-order chi connectivity index (χ1) is 8.03.